The van der Waals surface area contributed by atoms with E-state index in [4.69, 9.17) is 5.73 Å². The minimum atomic E-state index is -4.58. The Labute approximate surface area is 107 Å². The van der Waals surface area contributed by atoms with Gasteiger partial charge in [0.05, 0.1) is 5.54 Å². The molecule has 2 N–H and O–H groups in total. The molecule has 1 aliphatic rings. The number of nitrogens with zero attached hydrogens (tertiary/aromatic N) is 1. The van der Waals surface area contributed by atoms with Crippen LogP contribution in [0.5, 0.6) is 0 Å². The maximum absolute atomic E-state index is 13.7. The Morgan fingerprint density at radius 3 is 2.58 bits per heavy atom. The fourth-order valence-corrected chi connectivity index (χ4v) is 2.11. The van der Waals surface area contributed by atoms with Gasteiger partial charge in [0.25, 0.3) is 6.02 Å². The molecule has 2 rings (SSSR count). The molecule has 0 saturated carbocycles. The molecule has 0 aliphatic carbocycles. The molecule has 0 spiro atoms. The van der Waals surface area contributed by atoms with Crippen LogP contribution in [0, 0.1) is 5.82 Å². The third-order valence-electron chi connectivity index (χ3n) is 3.02. The van der Waals surface area contributed by atoms with Crippen LogP contribution in [0.4, 0.5) is 17.6 Å². The summed E-state index contributed by atoms with van der Waals surface area (Å²) < 4.78 is 56.5. The normalized spacial score (nSPS) is 27.6. The van der Waals surface area contributed by atoms with E-state index in [1.807, 2.05) is 0 Å². The minimum Gasteiger partial charge on any atom is -0.452 e. The number of amidine groups is 1. The number of halogens is 4. The van der Waals surface area contributed by atoms with Gasteiger partial charge in [-0.15, -0.1) is 0 Å². The van der Waals surface area contributed by atoms with Gasteiger partial charge in [0.15, 0.2) is 6.10 Å². The lowest BCUT2D eigenvalue weighted by Gasteiger charge is -2.35. The largest absolute Gasteiger partial charge is 0.452 e. The molecule has 0 aromatic heterocycles. The highest BCUT2D eigenvalue weighted by molar-refractivity contribution is 5.73. The molecule has 1 aromatic rings. The summed E-state index contributed by atoms with van der Waals surface area (Å²) in [6.07, 6.45) is -7.18. The molecule has 1 aromatic carbocycles. The van der Waals surface area contributed by atoms with E-state index < -0.39 is 36.1 Å². The molecule has 7 heteroatoms. The molecule has 0 saturated heterocycles. The Kier molecular flexibility index (Phi) is 3.15. The van der Waals surface area contributed by atoms with Crippen molar-refractivity contribution in [2.24, 2.45) is 10.7 Å². The molecular weight excluding hydrogens is 264 g/mol. The summed E-state index contributed by atoms with van der Waals surface area (Å²) >= 11 is 0. The summed E-state index contributed by atoms with van der Waals surface area (Å²) in [5.74, 6) is -0.621. The molecule has 0 radical (unpaired) electrons. The number of nitrogens with two attached hydrogens (primary N) is 1. The lowest BCUT2D eigenvalue weighted by Crippen LogP contribution is -2.46. The van der Waals surface area contributed by atoms with Crippen LogP contribution >= 0.6 is 0 Å². The number of ether oxygens (including phenoxy) is 1. The number of alkyl halides is 3. The molecule has 0 bridgehead atoms. The lowest BCUT2D eigenvalue weighted by atomic mass is 9.85. The van der Waals surface area contributed by atoms with E-state index in [2.05, 4.69) is 9.73 Å². The summed E-state index contributed by atoms with van der Waals surface area (Å²) in [6, 6.07) is 4.97. The molecule has 0 amide bonds. The smallest absolute Gasteiger partial charge is 0.425 e. The van der Waals surface area contributed by atoms with Gasteiger partial charge in [-0.3, -0.25) is 0 Å². The first kappa shape index (κ1) is 13.6. The number of aliphatic imine (C=N–C) groups is 1. The second-order valence-electron chi connectivity index (χ2n) is 4.56. The molecule has 104 valence electrons. The van der Waals surface area contributed by atoms with E-state index in [1.165, 1.54) is 31.2 Å². The zero-order valence-electron chi connectivity index (χ0n) is 10.0. The van der Waals surface area contributed by atoms with Crippen LogP contribution in [0.2, 0.25) is 0 Å². The van der Waals surface area contributed by atoms with Gasteiger partial charge in [-0.1, -0.05) is 18.2 Å². The Morgan fingerprint density at radius 2 is 2.00 bits per heavy atom. The zero-order valence-corrected chi connectivity index (χ0v) is 10.0. The first-order valence-electron chi connectivity index (χ1n) is 5.56. The topological polar surface area (TPSA) is 47.6 Å². The van der Waals surface area contributed by atoms with Crippen LogP contribution in [0.3, 0.4) is 0 Å². The summed E-state index contributed by atoms with van der Waals surface area (Å²) in [5.41, 5.74) is 3.96. The molecule has 19 heavy (non-hydrogen) atoms. The number of rotatable bonds is 1. The number of hydrogen-bond acceptors (Lipinski definition) is 3. The van der Waals surface area contributed by atoms with Gasteiger partial charge in [-0.05, 0) is 13.0 Å². The van der Waals surface area contributed by atoms with Crippen LogP contribution in [0.15, 0.2) is 29.3 Å². The summed E-state index contributed by atoms with van der Waals surface area (Å²) in [5, 5.41) is 0. The van der Waals surface area contributed by atoms with Crippen molar-refractivity contribution in [1.29, 1.82) is 0 Å². The first-order valence-corrected chi connectivity index (χ1v) is 5.56. The molecule has 3 nitrogen and oxygen atoms in total. The standard InChI is InChI=1S/C12H12F4N2O/c1-11(7-4-2-3-5-8(7)13)6-9(12(14,15)16)19-10(17)18-11/h2-5,9H,6H2,1H3,(H2,17,18)/t9-,11+/m1/s1. The fourth-order valence-electron chi connectivity index (χ4n) is 2.11. The molecular formula is C12H12F4N2O. The van der Waals surface area contributed by atoms with E-state index >= 15 is 0 Å². The van der Waals surface area contributed by atoms with Crippen LogP contribution in [-0.2, 0) is 10.3 Å². The van der Waals surface area contributed by atoms with Crippen molar-refractivity contribution < 1.29 is 22.3 Å². The maximum atomic E-state index is 13.7. The zero-order chi connectivity index (χ0) is 14.3. The Balaban J connectivity index is 2.43. The second kappa shape index (κ2) is 4.40. The van der Waals surface area contributed by atoms with Crippen molar-refractivity contribution in [3.05, 3.63) is 35.6 Å². The van der Waals surface area contributed by atoms with E-state index in [1.54, 1.807) is 0 Å². The minimum absolute atomic E-state index is 0.0653. The average molecular weight is 276 g/mol. The monoisotopic (exact) mass is 276 g/mol. The maximum Gasteiger partial charge on any atom is 0.425 e. The van der Waals surface area contributed by atoms with Crippen LogP contribution in [-0.4, -0.2) is 18.3 Å². The third kappa shape index (κ3) is 2.64. The van der Waals surface area contributed by atoms with Gasteiger partial charge in [-0.25, -0.2) is 9.38 Å². The predicted octanol–water partition coefficient (Wildman–Crippen LogP) is 2.71. The van der Waals surface area contributed by atoms with E-state index in [0.29, 0.717) is 0 Å². The highest BCUT2D eigenvalue weighted by Crippen LogP contribution is 2.40. The van der Waals surface area contributed by atoms with Gasteiger partial charge in [0.2, 0.25) is 0 Å². The van der Waals surface area contributed by atoms with Crippen LogP contribution < -0.4 is 5.73 Å². The SMILES string of the molecule is C[C@@]1(c2ccccc2F)C[C@H](C(F)(F)F)OC(N)=N1. The molecule has 0 fully saturated rings. The van der Waals surface area contributed by atoms with Crippen molar-refractivity contribution >= 4 is 6.02 Å². The van der Waals surface area contributed by atoms with Crippen molar-refractivity contribution in [1.82, 2.24) is 0 Å². The van der Waals surface area contributed by atoms with Crippen molar-refractivity contribution in [3.8, 4) is 0 Å². The quantitative estimate of drug-likeness (QED) is 0.802. The van der Waals surface area contributed by atoms with Crippen molar-refractivity contribution in [2.45, 2.75) is 31.2 Å². The van der Waals surface area contributed by atoms with E-state index in [0.717, 1.165) is 0 Å². The predicted molar refractivity (Wildman–Crippen MR) is 60.9 cm³/mol. The van der Waals surface area contributed by atoms with Gasteiger partial charge >= 0.3 is 6.18 Å². The van der Waals surface area contributed by atoms with E-state index in [-0.39, 0.29) is 5.56 Å². The fraction of sp³-hybridized carbons (Fsp3) is 0.417. The average Bonchev–Trinajstić information content (AvgIpc) is 2.27. The van der Waals surface area contributed by atoms with Gasteiger partial charge in [0, 0.05) is 12.0 Å². The Morgan fingerprint density at radius 1 is 1.37 bits per heavy atom. The number of benzene rings is 1. The Bertz CT molecular complexity index is 515. The van der Waals surface area contributed by atoms with Crippen molar-refractivity contribution in [2.75, 3.05) is 0 Å². The molecule has 2 atom stereocenters. The van der Waals surface area contributed by atoms with Crippen LogP contribution in [0.25, 0.3) is 0 Å². The first-order chi connectivity index (χ1) is 8.72. The summed E-state index contributed by atoms with van der Waals surface area (Å²) in [6.45, 7) is 1.40. The molecule has 1 aliphatic heterocycles. The summed E-state index contributed by atoms with van der Waals surface area (Å²) in [7, 11) is 0. The van der Waals surface area contributed by atoms with Gasteiger partial charge < -0.3 is 10.5 Å². The van der Waals surface area contributed by atoms with Gasteiger partial charge in [-0.2, -0.15) is 13.2 Å². The molecule has 0 unspecified atom stereocenters. The lowest BCUT2D eigenvalue weighted by molar-refractivity contribution is -0.208. The summed E-state index contributed by atoms with van der Waals surface area (Å²) in [4.78, 5) is 3.84. The van der Waals surface area contributed by atoms with Gasteiger partial charge in [0.1, 0.15) is 5.82 Å². The highest BCUT2D eigenvalue weighted by atomic mass is 19.4. The Hall–Kier alpha value is -1.79. The van der Waals surface area contributed by atoms with E-state index in [9.17, 15) is 17.6 Å². The third-order valence-corrected chi connectivity index (χ3v) is 3.02. The van der Waals surface area contributed by atoms with Crippen LogP contribution in [0.1, 0.15) is 18.9 Å². The number of hydrogen-bond donors (Lipinski definition) is 1. The second-order valence-corrected chi connectivity index (χ2v) is 4.56. The molecule has 1 heterocycles. The highest BCUT2D eigenvalue weighted by Gasteiger charge is 2.49. The van der Waals surface area contributed by atoms with Crippen molar-refractivity contribution in [3.63, 3.8) is 0 Å².